The standard InChI is InChI=1S/C18H15N3O5/c1-26-18(23)16(10-12-5-2-3-6-14(12)11-19)20-17(22)13-7-4-8-15(9-13)21(24)25/h2-9,16H,10H2,1H3,(H,20,22)/t16-/m0/s1. The molecule has 0 aliphatic rings. The third kappa shape index (κ3) is 4.42. The molecule has 1 atom stereocenters. The topological polar surface area (TPSA) is 122 Å². The Morgan fingerprint density at radius 1 is 1.27 bits per heavy atom. The maximum atomic E-state index is 12.4. The Hall–Kier alpha value is -3.73. The van der Waals surface area contributed by atoms with Crippen LogP contribution in [0.3, 0.4) is 0 Å². The molecule has 2 aromatic carbocycles. The first-order valence-corrected chi connectivity index (χ1v) is 7.57. The van der Waals surface area contributed by atoms with Gasteiger partial charge in [-0.15, -0.1) is 0 Å². The van der Waals surface area contributed by atoms with Crippen LogP contribution in [-0.2, 0) is 16.0 Å². The minimum atomic E-state index is -1.04. The smallest absolute Gasteiger partial charge is 0.328 e. The number of nitrogens with one attached hydrogen (secondary N) is 1. The molecule has 0 spiro atoms. The molecule has 0 heterocycles. The lowest BCUT2D eigenvalue weighted by Gasteiger charge is -2.17. The van der Waals surface area contributed by atoms with Crippen molar-refractivity contribution in [3.05, 3.63) is 75.3 Å². The number of hydrogen-bond donors (Lipinski definition) is 1. The van der Waals surface area contributed by atoms with Crippen molar-refractivity contribution in [3.8, 4) is 6.07 Å². The molecule has 0 radical (unpaired) electrons. The van der Waals surface area contributed by atoms with Crippen LogP contribution in [0.2, 0.25) is 0 Å². The van der Waals surface area contributed by atoms with E-state index in [0.29, 0.717) is 11.1 Å². The molecule has 132 valence electrons. The van der Waals surface area contributed by atoms with Gasteiger partial charge in [0, 0.05) is 24.1 Å². The zero-order valence-electron chi connectivity index (χ0n) is 13.8. The van der Waals surface area contributed by atoms with Crippen molar-refractivity contribution < 1.29 is 19.2 Å². The molecule has 2 rings (SSSR count). The van der Waals surface area contributed by atoms with Gasteiger partial charge in [0.25, 0.3) is 11.6 Å². The van der Waals surface area contributed by atoms with Crippen molar-refractivity contribution >= 4 is 17.6 Å². The Morgan fingerprint density at radius 3 is 2.65 bits per heavy atom. The normalized spacial score (nSPS) is 11.1. The average molecular weight is 353 g/mol. The van der Waals surface area contributed by atoms with E-state index in [1.54, 1.807) is 24.3 Å². The number of nitrogens with zero attached hydrogens (tertiary/aromatic N) is 2. The van der Waals surface area contributed by atoms with Crippen LogP contribution in [0, 0.1) is 21.4 Å². The summed E-state index contributed by atoms with van der Waals surface area (Å²) in [5.41, 5.74) is 0.763. The van der Waals surface area contributed by atoms with E-state index in [-0.39, 0.29) is 17.7 Å². The minimum absolute atomic E-state index is 0.0432. The van der Waals surface area contributed by atoms with Crippen molar-refractivity contribution in [2.24, 2.45) is 0 Å². The van der Waals surface area contributed by atoms with E-state index in [0.717, 1.165) is 6.07 Å². The summed E-state index contributed by atoms with van der Waals surface area (Å²) in [6.45, 7) is 0. The second-order valence-electron chi connectivity index (χ2n) is 5.33. The molecule has 0 aromatic heterocycles. The van der Waals surface area contributed by atoms with Crippen LogP contribution in [0.5, 0.6) is 0 Å². The van der Waals surface area contributed by atoms with Crippen LogP contribution >= 0.6 is 0 Å². The summed E-state index contributed by atoms with van der Waals surface area (Å²) in [6, 6.07) is 12.8. The fourth-order valence-corrected chi connectivity index (χ4v) is 2.37. The van der Waals surface area contributed by atoms with Gasteiger partial charge in [-0.05, 0) is 17.7 Å². The van der Waals surface area contributed by atoms with E-state index in [4.69, 9.17) is 10.00 Å². The molecular weight excluding hydrogens is 338 g/mol. The Labute approximate surface area is 149 Å². The monoisotopic (exact) mass is 353 g/mol. The minimum Gasteiger partial charge on any atom is -0.467 e. The number of nitriles is 1. The maximum Gasteiger partial charge on any atom is 0.328 e. The lowest BCUT2D eigenvalue weighted by Crippen LogP contribution is -2.43. The van der Waals surface area contributed by atoms with Gasteiger partial charge in [0.2, 0.25) is 0 Å². The summed E-state index contributed by atoms with van der Waals surface area (Å²) in [4.78, 5) is 34.6. The number of methoxy groups -OCH3 is 1. The number of nitro benzene ring substituents is 1. The van der Waals surface area contributed by atoms with Gasteiger partial charge in [-0.1, -0.05) is 24.3 Å². The number of carbonyl (C=O) groups is 2. The molecule has 8 nitrogen and oxygen atoms in total. The second kappa shape index (κ2) is 8.39. The highest BCUT2D eigenvalue weighted by Crippen LogP contribution is 2.15. The van der Waals surface area contributed by atoms with Crippen molar-refractivity contribution in [2.75, 3.05) is 7.11 Å². The number of benzene rings is 2. The Bertz CT molecular complexity index is 888. The van der Waals surface area contributed by atoms with Crippen LogP contribution < -0.4 is 5.32 Å². The van der Waals surface area contributed by atoms with Gasteiger partial charge in [-0.25, -0.2) is 4.79 Å². The molecule has 0 saturated heterocycles. The molecule has 2 aromatic rings. The summed E-state index contributed by atoms with van der Waals surface area (Å²) >= 11 is 0. The zero-order chi connectivity index (χ0) is 19.1. The number of hydrogen-bond acceptors (Lipinski definition) is 6. The fourth-order valence-electron chi connectivity index (χ4n) is 2.37. The van der Waals surface area contributed by atoms with Gasteiger partial charge in [0.15, 0.2) is 0 Å². The van der Waals surface area contributed by atoms with E-state index in [9.17, 15) is 19.7 Å². The van der Waals surface area contributed by atoms with E-state index in [1.165, 1.54) is 25.3 Å². The first-order valence-electron chi connectivity index (χ1n) is 7.57. The molecule has 1 N–H and O–H groups in total. The first-order chi connectivity index (χ1) is 12.5. The maximum absolute atomic E-state index is 12.4. The van der Waals surface area contributed by atoms with Crippen molar-refractivity contribution in [1.29, 1.82) is 5.26 Å². The summed E-state index contributed by atoms with van der Waals surface area (Å²) in [6.07, 6.45) is 0.0527. The van der Waals surface area contributed by atoms with E-state index in [2.05, 4.69) is 5.32 Å². The Kier molecular flexibility index (Phi) is 6.01. The molecule has 0 aliphatic heterocycles. The average Bonchev–Trinajstić information content (AvgIpc) is 2.67. The van der Waals surface area contributed by atoms with Crippen LogP contribution in [0.25, 0.3) is 0 Å². The van der Waals surface area contributed by atoms with Crippen molar-refractivity contribution in [2.45, 2.75) is 12.5 Å². The van der Waals surface area contributed by atoms with Gasteiger partial charge in [-0.2, -0.15) is 5.26 Å². The molecule has 0 unspecified atom stereocenters. The highest BCUT2D eigenvalue weighted by atomic mass is 16.6. The van der Waals surface area contributed by atoms with Crippen molar-refractivity contribution in [1.82, 2.24) is 5.32 Å². The van der Waals surface area contributed by atoms with E-state index in [1.807, 2.05) is 6.07 Å². The van der Waals surface area contributed by atoms with Gasteiger partial charge < -0.3 is 10.1 Å². The second-order valence-corrected chi connectivity index (χ2v) is 5.33. The number of ether oxygens (including phenoxy) is 1. The number of amides is 1. The summed E-state index contributed by atoms with van der Waals surface area (Å²) < 4.78 is 4.71. The highest BCUT2D eigenvalue weighted by molar-refractivity contribution is 5.97. The molecule has 0 fully saturated rings. The van der Waals surface area contributed by atoms with Gasteiger partial charge in [-0.3, -0.25) is 14.9 Å². The Balaban J connectivity index is 2.24. The predicted molar refractivity (Wildman–Crippen MR) is 91.2 cm³/mol. The lowest BCUT2D eigenvalue weighted by molar-refractivity contribution is -0.384. The predicted octanol–water partition coefficient (Wildman–Crippen LogP) is 1.98. The van der Waals surface area contributed by atoms with Crippen LogP contribution in [0.4, 0.5) is 5.69 Å². The third-order valence-corrected chi connectivity index (χ3v) is 3.67. The third-order valence-electron chi connectivity index (χ3n) is 3.67. The van der Waals surface area contributed by atoms with Crippen LogP contribution in [0.15, 0.2) is 48.5 Å². The molecule has 8 heteroatoms. The van der Waals surface area contributed by atoms with Gasteiger partial charge in [0.05, 0.1) is 23.7 Å². The number of rotatable bonds is 6. The summed E-state index contributed by atoms with van der Waals surface area (Å²) in [7, 11) is 1.19. The quantitative estimate of drug-likeness (QED) is 0.481. The van der Waals surface area contributed by atoms with Gasteiger partial charge >= 0.3 is 5.97 Å². The molecule has 1 amide bonds. The first kappa shape index (κ1) is 18.6. The molecule has 0 saturated carbocycles. The summed E-state index contributed by atoms with van der Waals surface area (Å²) in [5, 5.41) is 22.5. The molecule has 0 bridgehead atoms. The van der Waals surface area contributed by atoms with Gasteiger partial charge in [0.1, 0.15) is 6.04 Å². The van der Waals surface area contributed by atoms with E-state index < -0.39 is 22.8 Å². The Morgan fingerprint density at radius 2 is 2.00 bits per heavy atom. The number of carbonyl (C=O) groups excluding carboxylic acids is 2. The highest BCUT2D eigenvalue weighted by Gasteiger charge is 2.24. The lowest BCUT2D eigenvalue weighted by atomic mass is 10.0. The number of non-ortho nitro benzene ring substituents is 1. The fraction of sp³-hybridized carbons (Fsp3) is 0.167. The van der Waals surface area contributed by atoms with Crippen LogP contribution in [-0.4, -0.2) is 30.0 Å². The molecular formula is C18H15N3O5. The van der Waals surface area contributed by atoms with Crippen molar-refractivity contribution in [3.63, 3.8) is 0 Å². The zero-order valence-corrected chi connectivity index (χ0v) is 13.8. The summed E-state index contributed by atoms with van der Waals surface area (Å²) in [5.74, 6) is -1.34. The molecule has 26 heavy (non-hydrogen) atoms. The van der Waals surface area contributed by atoms with Crippen LogP contribution in [0.1, 0.15) is 21.5 Å². The van der Waals surface area contributed by atoms with E-state index >= 15 is 0 Å². The largest absolute Gasteiger partial charge is 0.467 e. The SMILES string of the molecule is COC(=O)[C@H](Cc1ccccc1C#N)NC(=O)c1cccc([N+](=O)[O-])c1. The molecule has 0 aliphatic carbocycles. The number of nitro groups is 1. The number of esters is 1.